The van der Waals surface area contributed by atoms with Gasteiger partial charge in [-0.15, -0.1) is 0 Å². The Labute approximate surface area is 110 Å². The van der Waals surface area contributed by atoms with Gasteiger partial charge in [0.1, 0.15) is 5.84 Å². The van der Waals surface area contributed by atoms with Gasteiger partial charge in [0.05, 0.1) is 0 Å². The van der Waals surface area contributed by atoms with Crippen molar-refractivity contribution in [2.24, 2.45) is 16.3 Å². The van der Waals surface area contributed by atoms with E-state index in [-0.39, 0.29) is 5.41 Å². The van der Waals surface area contributed by atoms with Crippen LogP contribution in [0.5, 0.6) is 0 Å². The van der Waals surface area contributed by atoms with Crippen molar-refractivity contribution in [2.45, 2.75) is 39.7 Å². The highest BCUT2D eigenvalue weighted by molar-refractivity contribution is 7.98. The third-order valence-electron chi connectivity index (χ3n) is 3.34. The number of hydrogen-bond acceptors (Lipinski definition) is 4. The molecule has 3 N–H and O–H groups in total. The van der Waals surface area contributed by atoms with Gasteiger partial charge in [-0.25, -0.2) is 0 Å². The first-order valence-electron chi connectivity index (χ1n) is 6.06. The van der Waals surface area contributed by atoms with Gasteiger partial charge in [0, 0.05) is 17.2 Å². The fourth-order valence-corrected chi connectivity index (χ4v) is 2.53. The molecule has 0 aliphatic carbocycles. The summed E-state index contributed by atoms with van der Waals surface area (Å²) in [4.78, 5) is 2.36. The van der Waals surface area contributed by atoms with Gasteiger partial charge in [0.25, 0.3) is 0 Å². The molecule has 0 aromatic carbocycles. The van der Waals surface area contributed by atoms with Crippen molar-refractivity contribution in [1.82, 2.24) is 4.90 Å². The van der Waals surface area contributed by atoms with Gasteiger partial charge >= 0.3 is 0 Å². The monoisotopic (exact) mass is 261 g/mol. The van der Waals surface area contributed by atoms with Gasteiger partial charge in [-0.05, 0) is 32.7 Å². The van der Waals surface area contributed by atoms with Gasteiger partial charge in [0.15, 0.2) is 0 Å². The number of nitrogens with two attached hydrogens (primary N) is 1. The summed E-state index contributed by atoms with van der Waals surface area (Å²) in [7, 11) is 2.15. The van der Waals surface area contributed by atoms with Crippen molar-refractivity contribution in [3.8, 4) is 0 Å². The highest BCUT2D eigenvalue weighted by atomic mass is 32.2. The second-order valence-corrected chi connectivity index (χ2v) is 6.03. The van der Waals surface area contributed by atoms with Crippen LogP contribution >= 0.6 is 11.8 Å². The van der Waals surface area contributed by atoms with Crippen LogP contribution in [0.4, 0.5) is 0 Å². The normalized spacial score (nSPS) is 15.3. The molecule has 5 heteroatoms. The smallest absolute Gasteiger partial charge is 0.144 e. The topological polar surface area (TPSA) is 61.8 Å². The molecule has 0 rings (SSSR count). The lowest BCUT2D eigenvalue weighted by Gasteiger charge is -2.30. The van der Waals surface area contributed by atoms with Crippen LogP contribution in [-0.4, -0.2) is 47.6 Å². The Morgan fingerprint density at radius 2 is 2.12 bits per heavy atom. The highest BCUT2D eigenvalue weighted by Crippen LogP contribution is 2.21. The van der Waals surface area contributed by atoms with Crippen molar-refractivity contribution in [3.05, 3.63) is 0 Å². The van der Waals surface area contributed by atoms with Crippen molar-refractivity contribution in [1.29, 1.82) is 0 Å². The third kappa shape index (κ3) is 5.64. The molecule has 17 heavy (non-hydrogen) atoms. The molecule has 0 spiro atoms. The molecule has 1 unspecified atom stereocenters. The quantitative estimate of drug-likeness (QED) is 0.304. The first-order chi connectivity index (χ1) is 7.88. The van der Waals surface area contributed by atoms with E-state index in [0.29, 0.717) is 11.9 Å². The summed E-state index contributed by atoms with van der Waals surface area (Å²) >= 11 is 1.88. The van der Waals surface area contributed by atoms with Crippen LogP contribution in [0, 0.1) is 5.41 Å². The summed E-state index contributed by atoms with van der Waals surface area (Å²) < 4.78 is 0. The van der Waals surface area contributed by atoms with Gasteiger partial charge in [-0.1, -0.05) is 25.9 Å². The lowest BCUT2D eigenvalue weighted by molar-refractivity contribution is 0.227. The first kappa shape index (κ1) is 16.6. The predicted molar refractivity (Wildman–Crippen MR) is 76.9 cm³/mol. The zero-order chi connectivity index (χ0) is 13.5. The van der Waals surface area contributed by atoms with Crippen molar-refractivity contribution in [2.75, 3.05) is 25.6 Å². The highest BCUT2D eigenvalue weighted by Gasteiger charge is 2.24. The Bertz CT molecular complexity index is 244. The fourth-order valence-electron chi connectivity index (χ4n) is 1.65. The van der Waals surface area contributed by atoms with Crippen LogP contribution < -0.4 is 5.73 Å². The molecule has 0 amide bonds. The van der Waals surface area contributed by atoms with Gasteiger partial charge < -0.3 is 15.8 Å². The summed E-state index contributed by atoms with van der Waals surface area (Å²) in [5.74, 6) is 1.46. The Morgan fingerprint density at radius 1 is 1.53 bits per heavy atom. The zero-order valence-electron chi connectivity index (χ0n) is 11.7. The van der Waals surface area contributed by atoms with E-state index in [1.54, 1.807) is 0 Å². The molecule has 0 saturated carbocycles. The van der Waals surface area contributed by atoms with Gasteiger partial charge in [0.2, 0.25) is 0 Å². The van der Waals surface area contributed by atoms with E-state index < -0.39 is 0 Å². The van der Waals surface area contributed by atoms with Crippen LogP contribution in [-0.2, 0) is 0 Å². The summed E-state index contributed by atoms with van der Waals surface area (Å²) in [5, 5.41) is 11.8. The SMILES string of the molecule is CCC(CSC)N(C)CCC(C)(C)C(N)=NO. The average molecular weight is 261 g/mol. The molecule has 0 fully saturated rings. The van der Waals surface area contributed by atoms with Crippen molar-refractivity contribution in [3.63, 3.8) is 0 Å². The summed E-state index contributed by atoms with van der Waals surface area (Å²) in [6, 6.07) is 0.605. The Morgan fingerprint density at radius 3 is 2.53 bits per heavy atom. The van der Waals surface area contributed by atoms with Crippen LogP contribution in [0.15, 0.2) is 5.16 Å². The largest absolute Gasteiger partial charge is 0.409 e. The van der Waals surface area contributed by atoms with E-state index in [2.05, 4.69) is 30.3 Å². The molecule has 0 aromatic heterocycles. The van der Waals surface area contributed by atoms with Crippen molar-refractivity contribution >= 4 is 17.6 Å². The Balaban J connectivity index is 4.26. The van der Waals surface area contributed by atoms with Crippen molar-refractivity contribution < 1.29 is 5.21 Å². The molecule has 0 bridgehead atoms. The molecule has 102 valence electrons. The van der Waals surface area contributed by atoms with Gasteiger partial charge in [-0.3, -0.25) is 0 Å². The second kappa shape index (κ2) is 7.82. The molecule has 0 aliphatic rings. The standard InChI is InChI=1S/C12H27N3OS/c1-6-10(9-17-5)15(4)8-7-12(2,3)11(13)14-16/h10,16H,6-9H2,1-5H3,(H2,13,14). The maximum atomic E-state index is 8.72. The van der Waals surface area contributed by atoms with E-state index in [0.717, 1.165) is 25.1 Å². The van der Waals surface area contributed by atoms with Crippen LogP contribution in [0.3, 0.4) is 0 Å². The molecule has 4 nitrogen and oxygen atoms in total. The minimum atomic E-state index is -0.249. The van der Waals surface area contributed by atoms with E-state index >= 15 is 0 Å². The van der Waals surface area contributed by atoms with E-state index in [1.165, 1.54) is 0 Å². The summed E-state index contributed by atoms with van der Waals surface area (Å²) in [6.07, 6.45) is 4.18. The molecule has 0 aliphatic heterocycles. The summed E-state index contributed by atoms with van der Waals surface area (Å²) in [5.41, 5.74) is 5.43. The number of rotatable bonds is 8. The zero-order valence-corrected chi connectivity index (χ0v) is 12.5. The molecule has 0 radical (unpaired) electrons. The Hall–Kier alpha value is -0.420. The maximum Gasteiger partial charge on any atom is 0.144 e. The molecule has 0 aromatic rings. The summed E-state index contributed by atoms with van der Waals surface area (Å²) in [6.45, 7) is 7.19. The second-order valence-electron chi connectivity index (χ2n) is 5.12. The fraction of sp³-hybridized carbons (Fsp3) is 0.917. The van der Waals surface area contributed by atoms with E-state index in [9.17, 15) is 0 Å². The average Bonchev–Trinajstić information content (AvgIpc) is 2.31. The lowest BCUT2D eigenvalue weighted by Crippen LogP contribution is -2.39. The van der Waals surface area contributed by atoms with Crippen LogP contribution in [0.25, 0.3) is 0 Å². The number of oxime groups is 1. The molecular formula is C12H27N3OS. The number of hydrogen-bond donors (Lipinski definition) is 2. The van der Waals surface area contributed by atoms with Crippen LogP contribution in [0.2, 0.25) is 0 Å². The minimum Gasteiger partial charge on any atom is -0.409 e. The van der Waals surface area contributed by atoms with E-state index in [4.69, 9.17) is 10.9 Å². The number of thioether (sulfide) groups is 1. The molecule has 0 saturated heterocycles. The minimum absolute atomic E-state index is 0.249. The van der Waals surface area contributed by atoms with Crippen LogP contribution in [0.1, 0.15) is 33.6 Å². The molecule has 0 heterocycles. The number of amidine groups is 1. The first-order valence-corrected chi connectivity index (χ1v) is 7.45. The number of nitrogens with zero attached hydrogens (tertiary/aromatic N) is 2. The van der Waals surface area contributed by atoms with Gasteiger partial charge in [-0.2, -0.15) is 11.8 Å². The lowest BCUT2D eigenvalue weighted by atomic mass is 9.88. The molecule has 1 atom stereocenters. The predicted octanol–water partition coefficient (Wildman–Crippen LogP) is 2.22. The molecular weight excluding hydrogens is 234 g/mol. The Kier molecular flexibility index (Phi) is 7.63. The maximum absolute atomic E-state index is 8.72. The third-order valence-corrected chi connectivity index (χ3v) is 4.06. The van der Waals surface area contributed by atoms with E-state index in [1.807, 2.05) is 25.6 Å².